The molecule has 0 fully saturated rings. The minimum absolute atomic E-state index is 0.120. The summed E-state index contributed by atoms with van der Waals surface area (Å²) >= 11 is 0. The number of sulfonamides is 1. The van der Waals surface area contributed by atoms with E-state index in [9.17, 15) is 13.2 Å². The molecule has 0 aliphatic carbocycles. The fraction of sp³-hybridized carbons (Fsp3) is 0.258. The van der Waals surface area contributed by atoms with Crippen molar-refractivity contribution in [2.75, 3.05) is 6.26 Å². The van der Waals surface area contributed by atoms with Crippen molar-refractivity contribution in [3.63, 3.8) is 0 Å². The van der Waals surface area contributed by atoms with Gasteiger partial charge in [-0.15, -0.1) is 0 Å². The maximum atomic E-state index is 11.7. The Bertz CT molecular complexity index is 1550. The number of ether oxygens (including phenoxy) is 1. The number of nitrogens with zero attached hydrogens (tertiary/aromatic N) is 2. The van der Waals surface area contributed by atoms with Gasteiger partial charge in [0.15, 0.2) is 0 Å². The van der Waals surface area contributed by atoms with E-state index in [-0.39, 0.29) is 13.0 Å². The van der Waals surface area contributed by atoms with Crippen LogP contribution in [0.4, 0.5) is 0 Å². The minimum Gasteiger partial charge on any atom is -0.487 e. The maximum Gasteiger partial charge on any atom is 0.233 e. The summed E-state index contributed by atoms with van der Waals surface area (Å²) in [5.74, 6) is 1.48. The van der Waals surface area contributed by atoms with Crippen molar-refractivity contribution in [2.45, 2.75) is 45.8 Å². The molecule has 0 spiro atoms. The number of aryl methyl sites for hydroxylation is 1. The monoisotopic (exact) mass is 575 g/mol. The molecular formula is C31H33N3O6S. The van der Waals surface area contributed by atoms with Crippen LogP contribution in [0.15, 0.2) is 94.5 Å². The van der Waals surface area contributed by atoms with Gasteiger partial charge in [-0.3, -0.25) is 9.52 Å². The summed E-state index contributed by atoms with van der Waals surface area (Å²) in [5.41, 5.74) is 4.27. The van der Waals surface area contributed by atoms with Gasteiger partial charge in [0.1, 0.15) is 30.4 Å². The highest BCUT2D eigenvalue weighted by Crippen LogP contribution is 2.23. The van der Waals surface area contributed by atoms with Crippen LogP contribution >= 0.6 is 0 Å². The number of benzene rings is 3. The molecule has 0 aliphatic rings. The normalized spacial score (nSPS) is 11.7. The molecule has 4 rings (SSSR count). The molecule has 0 unspecified atom stereocenters. The summed E-state index contributed by atoms with van der Waals surface area (Å²) in [6.45, 7) is 2.44. The van der Waals surface area contributed by atoms with Crippen molar-refractivity contribution >= 4 is 21.6 Å². The van der Waals surface area contributed by atoms with Gasteiger partial charge in [0, 0.05) is 12.0 Å². The van der Waals surface area contributed by atoms with Crippen molar-refractivity contribution in [3.8, 4) is 17.2 Å². The van der Waals surface area contributed by atoms with Gasteiger partial charge < -0.3 is 14.0 Å². The second kappa shape index (κ2) is 14.3. The van der Waals surface area contributed by atoms with Gasteiger partial charge in [0.25, 0.3) is 0 Å². The minimum atomic E-state index is -3.55. The van der Waals surface area contributed by atoms with Gasteiger partial charge in [0.2, 0.25) is 21.8 Å². The van der Waals surface area contributed by atoms with E-state index in [2.05, 4.69) is 10.1 Å². The van der Waals surface area contributed by atoms with E-state index in [1.165, 1.54) is 0 Å². The van der Waals surface area contributed by atoms with Crippen LogP contribution < -0.4 is 9.46 Å². The molecule has 0 bridgehead atoms. The molecule has 10 heteroatoms. The molecule has 1 aromatic heterocycles. The zero-order valence-corrected chi connectivity index (χ0v) is 23.9. The van der Waals surface area contributed by atoms with Crippen LogP contribution in [0.3, 0.4) is 0 Å². The van der Waals surface area contributed by atoms with E-state index >= 15 is 0 Å². The summed E-state index contributed by atoms with van der Waals surface area (Å²) in [4.78, 5) is 22.0. The first-order valence-corrected chi connectivity index (χ1v) is 15.1. The topological polar surface area (TPSA) is 120 Å². The number of aromatic nitrogens is 1. The molecule has 0 radical (unpaired) electrons. The predicted molar refractivity (Wildman–Crippen MR) is 157 cm³/mol. The predicted octanol–water partition coefficient (Wildman–Crippen LogP) is 5.79. The molecule has 0 atom stereocenters. The summed E-state index contributed by atoms with van der Waals surface area (Å²) < 4.78 is 36.1. The largest absolute Gasteiger partial charge is 0.487 e. The number of oxime groups is 1. The Morgan fingerprint density at radius 1 is 0.902 bits per heavy atom. The Morgan fingerprint density at radius 2 is 1.56 bits per heavy atom. The Kier molecular flexibility index (Phi) is 10.3. The molecule has 9 nitrogen and oxygen atoms in total. The molecule has 0 aliphatic heterocycles. The van der Waals surface area contributed by atoms with Crippen LogP contribution in [0.2, 0.25) is 0 Å². The Morgan fingerprint density at radius 3 is 2.24 bits per heavy atom. The number of rotatable bonds is 14. The number of hydrogen-bond donors (Lipinski definition) is 1. The third-order valence-electron chi connectivity index (χ3n) is 6.09. The molecule has 1 heterocycles. The Hall–Kier alpha value is -4.44. The molecule has 1 amide bonds. The van der Waals surface area contributed by atoms with Crippen molar-refractivity contribution in [3.05, 3.63) is 108 Å². The van der Waals surface area contributed by atoms with Crippen molar-refractivity contribution in [1.82, 2.24) is 9.71 Å². The van der Waals surface area contributed by atoms with E-state index in [4.69, 9.17) is 14.0 Å². The van der Waals surface area contributed by atoms with Crippen molar-refractivity contribution in [2.24, 2.45) is 5.16 Å². The number of oxazole rings is 1. The number of unbranched alkanes of at least 4 members (excludes halogenated alkanes) is 1. The Balaban J connectivity index is 1.28. The van der Waals surface area contributed by atoms with Crippen LogP contribution in [-0.2, 0) is 32.9 Å². The lowest BCUT2D eigenvalue weighted by Crippen LogP contribution is -2.28. The summed E-state index contributed by atoms with van der Waals surface area (Å²) in [6, 6.07) is 27.0. The number of carbonyl (C=O) groups is 1. The van der Waals surface area contributed by atoms with Crippen LogP contribution in [0, 0.1) is 6.92 Å². The SMILES string of the molecule is Cc1oc(-c2ccccc2)nc1COc1ccc(CON=C(CCCCC(=O)NS(C)(=O)=O)c2ccccc2)cc1. The summed E-state index contributed by atoms with van der Waals surface area (Å²) in [6.07, 6.45) is 2.84. The fourth-order valence-electron chi connectivity index (χ4n) is 3.99. The van der Waals surface area contributed by atoms with Gasteiger partial charge in [-0.05, 0) is 61.6 Å². The number of amides is 1. The van der Waals surface area contributed by atoms with Crippen LogP contribution in [0.25, 0.3) is 11.5 Å². The van der Waals surface area contributed by atoms with Crippen molar-refractivity contribution in [1.29, 1.82) is 0 Å². The first-order chi connectivity index (χ1) is 19.8. The summed E-state index contributed by atoms with van der Waals surface area (Å²) in [5, 5.41) is 4.37. The highest BCUT2D eigenvalue weighted by Gasteiger charge is 2.12. The average molecular weight is 576 g/mol. The molecule has 1 N–H and O–H groups in total. The van der Waals surface area contributed by atoms with Crippen molar-refractivity contribution < 1.29 is 27.2 Å². The first kappa shape index (κ1) is 29.5. The number of carbonyl (C=O) groups excluding carboxylic acids is 1. The molecule has 214 valence electrons. The standard InChI is InChI=1S/C31H33N3O6S/c1-23-29(32-31(40-23)26-13-7-4-8-14-26)22-38-27-19-17-24(18-20-27)21-39-33-28(25-11-5-3-6-12-25)15-9-10-16-30(35)34-41(2,36)37/h3-8,11-14,17-20H,9-10,15-16,21-22H2,1-2H3,(H,34,35). The lowest BCUT2D eigenvalue weighted by Gasteiger charge is -2.09. The molecule has 3 aromatic carbocycles. The zero-order chi connectivity index (χ0) is 29.1. The number of hydrogen-bond acceptors (Lipinski definition) is 8. The van der Waals surface area contributed by atoms with E-state index in [0.29, 0.717) is 37.5 Å². The molecular weight excluding hydrogens is 542 g/mol. The van der Waals surface area contributed by atoms with E-state index in [0.717, 1.165) is 40.1 Å². The van der Waals surface area contributed by atoms with Gasteiger partial charge in [-0.2, -0.15) is 0 Å². The molecule has 41 heavy (non-hydrogen) atoms. The van der Waals surface area contributed by atoms with Crippen LogP contribution in [0.1, 0.15) is 48.3 Å². The van der Waals surface area contributed by atoms with Crippen LogP contribution in [-0.4, -0.2) is 31.3 Å². The maximum absolute atomic E-state index is 11.7. The van der Waals surface area contributed by atoms with Crippen LogP contribution in [0.5, 0.6) is 5.75 Å². The lowest BCUT2D eigenvalue weighted by molar-refractivity contribution is -0.119. The van der Waals surface area contributed by atoms with E-state index in [1.54, 1.807) is 0 Å². The highest BCUT2D eigenvalue weighted by molar-refractivity contribution is 7.89. The average Bonchev–Trinajstić information content (AvgIpc) is 3.34. The quantitative estimate of drug-likeness (QED) is 0.115. The van der Waals surface area contributed by atoms with Gasteiger partial charge in [-0.25, -0.2) is 13.4 Å². The molecule has 0 saturated carbocycles. The summed E-state index contributed by atoms with van der Waals surface area (Å²) in [7, 11) is -3.55. The third kappa shape index (κ3) is 9.61. The second-order valence-electron chi connectivity index (χ2n) is 9.50. The zero-order valence-electron chi connectivity index (χ0n) is 23.1. The van der Waals surface area contributed by atoms with Gasteiger partial charge in [0.05, 0.1) is 12.0 Å². The Labute approximate surface area is 240 Å². The lowest BCUT2D eigenvalue weighted by atomic mass is 10.0. The molecule has 0 saturated heterocycles. The van der Waals surface area contributed by atoms with E-state index in [1.807, 2.05) is 96.6 Å². The van der Waals surface area contributed by atoms with Gasteiger partial charge >= 0.3 is 0 Å². The fourth-order valence-corrected chi connectivity index (χ4v) is 4.51. The second-order valence-corrected chi connectivity index (χ2v) is 11.3. The van der Waals surface area contributed by atoms with E-state index < -0.39 is 15.9 Å². The smallest absolute Gasteiger partial charge is 0.233 e. The van der Waals surface area contributed by atoms with Gasteiger partial charge in [-0.1, -0.05) is 65.8 Å². The first-order valence-electron chi connectivity index (χ1n) is 13.2. The highest BCUT2D eigenvalue weighted by atomic mass is 32.2. The molecule has 4 aromatic rings. The number of nitrogens with one attached hydrogen (secondary N) is 1. The third-order valence-corrected chi connectivity index (χ3v) is 6.69.